The molecular weight excluding hydrogens is 453 g/mol. The Morgan fingerprint density at radius 3 is 2.33 bits per heavy atom. The average molecular weight is 473 g/mol. The Labute approximate surface area is 147 Å². The molecule has 1 N–H and O–H groups in total. The van der Waals surface area contributed by atoms with E-state index >= 15 is 0 Å². The van der Waals surface area contributed by atoms with Crippen molar-refractivity contribution in [2.24, 2.45) is 0 Å². The van der Waals surface area contributed by atoms with Gasteiger partial charge in [0.05, 0.1) is 8.07 Å². The van der Waals surface area contributed by atoms with Gasteiger partial charge in [-0.2, -0.15) is 0 Å². The summed E-state index contributed by atoms with van der Waals surface area (Å²) in [6.45, 7) is 8.45. The minimum Gasteiger partial charge on any atom is -0.668 e. The molecule has 0 fully saturated rings. The van der Waals surface area contributed by atoms with Crippen molar-refractivity contribution in [3.63, 3.8) is 0 Å². The summed E-state index contributed by atoms with van der Waals surface area (Å²) < 4.78 is 0. The van der Waals surface area contributed by atoms with Crippen molar-refractivity contribution in [2.45, 2.75) is 31.6 Å². The number of hydrogen-bond donors (Lipinski definition) is 0. The van der Waals surface area contributed by atoms with Crippen LogP contribution in [0.25, 0.3) is 5.73 Å². The number of carbonyl (C=O) groups is 1. The number of hydrogen-bond acceptors (Lipinski definition) is 1. The van der Waals surface area contributed by atoms with Gasteiger partial charge in [0.15, 0.2) is 0 Å². The van der Waals surface area contributed by atoms with Crippen molar-refractivity contribution in [3.8, 4) is 0 Å². The second-order valence-corrected chi connectivity index (χ2v) is 9.77. The number of aldehydes is 1. The first-order valence-electron chi connectivity index (χ1n) is 5.86. The molecule has 95 valence electrons. The van der Waals surface area contributed by atoms with Gasteiger partial charge in [0.1, 0.15) is 6.29 Å². The summed E-state index contributed by atoms with van der Waals surface area (Å²) in [5, 5.41) is 1.40. The topological polar surface area (TPSA) is 40.9 Å². The molecule has 1 unspecified atom stereocenters. The maximum Gasteiger partial charge on any atom is 0.102 e. The first-order valence-corrected chi connectivity index (χ1v) is 9.07. The maximum absolute atomic E-state index is 10.4. The van der Waals surface area contributed by atoms with Crippen LogP contribution in [0.2, 0.25) is 19.1 Å². The smallest absolute Gasteiger partial charge is 0.102 e. The zero-order valence-electron chi connectivity index (χ0n) is 11.1. The fourth-order valence-corrected chi connectivity index (χ4v) is 3.90. The van der Waals surface area contributed by atoms with Crippen LogP contribution in [0.3, 0.4) is 0 Å². The molecule has 1 aromatic carbocycles. The predicted octanol–water partition coefficient (Wildman–Crippen LogP) is 2.95. The summed E-state index contributed by atoms with van der Waals surface area (Å²) in [7, 11) is -1.39. The number of nitrogens with one attached hydrogen (secondary N) is 1. The maximum atomic E-state index is 10.4. The van der Waals surface area contributed by atoms with Gasteiger partial charge in [-0.3, -0.25) is 0 Å². The molecule has 1 aromatic rings. The third-order valence-corrected chi connectivity index (χ3v) is 6.22. The fourth-order valence-electron chi connectivity index (χ4n) is 1.87. The Balaban J connectivity index is 0.00000289. The first kappa shape index (κ1) is 18.2. The molecule has 0 bridgehead atoms. The van der Waals surface area contributed by atoms with E-state index in [2.05, 4.69) is 31.8 Å². The molecule has 2 nitrogen and oxygen atoms in total. The molecule has 0 saturated heterocycles. The summed E-state index contributed by atoms with van der Waals surface area (Å²) in [5.74, 6) is 0. The standard InChI is InChI=1S/C14H20NOSi.Ac/c1-4-9-17(2,3)14-7-5-12(6-8-14)10-13(15)11-16;/h4-8,11,13,15H,1,9-10H2,2-3H3;/q-1;. The van der Waals surface area contributed by atoms with Gasteiger partial charge in [-0.05, 0) is 18.0 Å². The molecule has 0 aromatic heterocycles. The Bertz CT molecular complexity index is 389. The van der Waals surface area contributed by atoms with Crippen LogP contribution < -0.4 is 5.19 Å². The van der Waals surface area contributed by atoms with E-state index in [1.54, 1.807) is 0 Å². The van der Waals surface area contributed by atoms with Gasteiger partial charge in [0.2, 0.25) is 0 Å². The van der Waals surface area contributed by atoms with Crippen LogP contribution in [0.4, 0.5) is 0 Å². The third-order valence-electron chi connectivity index (χ3n) is 3.01. The SMILES string of the molecule is C=CC[Si](C)(C)c1ccc(CC([NH-])C=O)cc1.[Ac]. The fraction of sp³-hybridized carbons (Fsp3) is 0.357. The molecule has 0 aliphatic heterocycles. The van der Waals surface area contributed by atoms with Gasteiger partial charge < -0.3 is 10.5 Å². The zero-order chi connectivity index (χ0) is 12.9. The Kier molecular flexibility index (Phi) is 8.54. The number of allylic oxidation sites excluding steroid dienone is 1. The second-order valence-electron chi connectivity index (χ2n) is 5.02. The van der Waals surface area contributed by atoms with E-state index in [-0.39, 0.29) is 44.1 Å². The van der Waals surface area contributed by atoms with E-state index < -0.39 is 14.1 Å². The third kappa shape index (κ3) is 5.48. The normalized spacial score (nSPS) is 12.4. The van der Waals surface area contributed by atoms with Gasteiger partial charge in [-0.25, -0.2) is 0 Å². The minimum atomic E-state index is -1.39. The van der Waals surface area contributed by atoms with E-state index in [0.29, 0.717) is 12.7 Å². The minimum absolute atomic E-state index is 0. The molecule has 0 spiro atoms. The summed E-state index contributed by atoms with van der Waals surface area (Å²) in [6, 6.07) is 8.79. The number of rotatable bonds is 6. The van der Waals surface area contributed by atoms with Crippen molar-refractivity contribution < 1.29 is 48.9 Å². The van der Waals surface area contributed by atoms with Gasteiger partial charge in [0.25, 0.3) is 0 Å². The molecule has 1 rings (SSSR count). The molecule has 18 heavy (non-hydrogen) atoms. The predicted molar refractivity (Wildman–Crippen MR) is 76.4 cm³/mol. The van der Waals surface area contributed by atoms with Crippen LogP contribution >= 0.6 is 0 Å². The first-order chi connectivity index (χ1) is 7.99. The van der Waals surface area contributed by atoms with Gasteiger partial charge >= 0.3 is 0 Å². The van der Waals surface area contributed by atoms with E-state index in [9.17, 15) is 4.79 Å². The molecular formula is C14H20AcNOSi-. The summed E-state index contributed by atoms with van der Waals surface area (Å²) in [4.78, 5) is 10.4. The number of benzene rings is 1. The van der Waals surface area contributed by atoms with Crippen molar-refractivity contribution >= 4 is 19.5 Å². The van der Waals surface area contributed by atoms with Gasteiger partial charge in [-0.15, -0.1) is 6.58 Å². The van der Waals surface area contributed by atoms with Crippen molar-refractivity contribution in [1.82, 2.24) is 0 Å². The van der Waals surface area contributed by atoms with Crippen molar-refractivity contribution in [1.29, 1.82) is 0 Å². The Hall–Kier alpha value is 0.248. The Morgan fingerprint density at radius 2 is 1.89 bits per heavy atom. The van der Waals surface area contributed by atoms with Gasteiger partial charge in [-0.1, -0.05) is 54.7 Å². The molecule has 1 atom stereocenters. The van der Waals surface area contributed by atoms with Crippen LogP contribution in [-0.4, -0.2) is 20.4 Å². The van der Waals surface area contributed by atoms with Crippen LogP contribution in [0.15, 0.2) is 36.9 Å². The molecule has 1 radical (unpaired) electrons. The van der Waals surface area contributed by atoms with E-state index in [4.69, 9.17) is 5.73 Å². The monoisotopic (exact) mass is 473 g/mol. The van der Waals surface area contributed by atoms with Crippen LogP contribution in [0, 0.1) is 44.1 Å². The number of carbonyl (C=O) groups excluding carboxylic acids is 1. The van der Waals surface area contributed by atoms with Gasteiger partial charge in [0, 0.05) is 44.1 Å². The van der Waals surface area contributed by atoms with Crippen molar-refractivity contribution in [3.05, 3.63) is 48.2 Å². The molecule has 0 amide bonds. The van der Waals surface area contributed by atoms with Crippen LogP contribution in [0.1, 0.15) is 5.56 Å². The molecule has 4 heteroatoms. The molecule has 0 aliphatic rings. The average Bonchev–Trinajstić information content (AvgIpc) is 2.29. The summed E-state index contributed by atoms with van der Waals surface area (Å²) in [6.07, 6.45) is 3.18. The van der Waals surface area contributed by atoms with E-state index in [1.165, 1.54) is 5.19 Å². The summed E-state index contributed by atoms with van der Waals surface area (Å²) in [5.41, 5.74) is 8.49. The molecule has 0 heterocycles. The molecule has 0 aliphatic carbocycles. The second kappa shape index (κ2) is 8.43. The summed E-state index contributed by atoms with van der Waals surface area (Å²) >= 11 is 0. The van der Waals surface area contributed by atoms with E-state index in [0.717, 1.165) is 11.6 Å². The van der Waals surface area contributed by atoms with Crippen LogP contribution in [-0.2, 0) is 11.2 Å². The molecule has 0 saturated carbocycles. The Morgan fingerprint density at radius 1 is 1.33 bits per heavy atom. The van der Waals surface area contributed by atoms with Crippen molar-refractivity contribution in [2.75, 3.05) is 0 Å². The van der Waals surface area contributed by atoms with Crippen LogP contribution in [0.5, 0.6) is 0 Å². The van der Waals surface area contributed by atoms with E-state index in [1.807, 2.05) is 18.2 Å². The zero-order valence-corrected chi connectivity index (χ0v) is 16.9. The largest absolute Gasteiger partial charge is 0.668 e. The quantitative estimate of drug-likeness (QED) is 0.356.